The first-order chi connectivity index (χ1) is 6.48. The molecule has 0 aromatic carbocycles. The van der Waals surface area contributed by atoms with Gasteiger partial charge >= 0.3 is 6.18 Å². The summed E-state index contributed by atoms with van der Waals surface area (Å²) < 4.78 is 41.6. The van der Waals surface area contributed by atoms with E-state index in [0.717, 1.165) is 0 Å². The summed E-state index contributed by atoms with van der Waals surface area (Å²) in [6.07, 6.45) is -3.80. The molecule has 0 fully saturated rings. The molecular formula is C8H3ClF3NO. The Hall–Kier alpha value is -1.23. The Balaban J connectivity index is 2.70. The van der Waals surface area contributed by atoms with Gasteiger partial charge in [-0.15, -0.1) is 0 Å². The van der Waals surface area contributed by atoms with Crippen molar-refractivity contribution in [3.63, 3.8) is 0 Å². The van der Waals surface area contributed by atoms with Crippen molar-refractivity contribution >= 4 is 22.7 Å². The van der Waals surface area contributed by atoms with E-state index in [1.165, 1.54) is 12.1 Å². The van der Waals surface area contributed by atoms with Crippen LogP contribution in [-0.4, -0.2) is 4.98 Å². The molecule has 0 atom stereocenters. The van der Waals surface area contributed by atoms with Crippen molar-refractivity contribution in [3.8, 4) is 0 Å². The molecule has 0 N–H and O–H groups in total. The minimum Gasteiger partial charge on any atom is -0.445 e. The highest BCUT2D eigenvalue weighted by atomic mass is 35.5. The van der Waals surface area contributed by atoms with Crippen molar-refractivity contribution in [2.45, 2.75) is 6.18 Å². The van der Waals surface area contributed by atoms with E-state index in [4.69, 9.17) is 11.6 Å². The fraction of sp³-hybridized carbons (Fsp3) is 0.125. The highest BCUT2D eigenvalue weighted by Crippen LogP contribution is 2.35. The molecule has 74 valence electrons. The number of halogens is 4. The van der Waals surface area contributed by atoms with Crippen LogP contribution in [0.5, 0.6) is 0 Å². The standard InChI is InChI=1S/C8H3ClF3NO/c9-6-2-1-4-5(8(10,11)12)3-14-7(4)13-6/h1-3H. The molecule has 2 aromatic rings. The van der Waals surface area contributed by atoms with Gasteiger partial charge < -0.3 is 4.42 Å². The predicted octanol–water partition coefficient (Wildman–Crippen LogP) is 3.50. The van der Waals surface area contributed by atoms with E-state index in [-0.39, 0.29) is 16.3 Å². The van der Waals surface area contributed by atoms with Crippen molar-refractivity contribution in [2.75, 3.05) is 0 Å². The molecule has 0 saturated heterocycles. The Labute approximate surface area is 81.3 Å². The van der Waals surface area contributed by atoms with Crippen molar-refractivity contribution in [3.05, 3.63) is 29.1 Å². The van der Waals surface area contributed by atoms with Crippen molar-refractivity contribution in [1.29, 1.82) is 0 Å². The Bertz CT molecular complexity index is 477. The zero-order valence-corrected chi connectivity index (χ0v) is 7.36. The molecule has 0 bridgehead atoms. The Morgan fingerprint density at radius 2 is 2.00 bits per heavy atom. The number of alkyl halides is 3. The first-order valence-corrected chi connectivity index (χ1v) is 3.97. The average molecular weight is 222 g/mol. The summed E-state index contributed by atoms with van der Waals surface area (Å²) in [5, 5.41) is 0.0162. The number of pyridine rings is 1. The molecule has 0 unspecified atom stereocenters. The molecular weight excluding hydrogens is 219 g/mol. The fourth-order valence-electron chi connectivity index (χ4n) is 1.11. The van der Waals surface area contributed by atoms with Gasteiger partial charge in [0.2, 0.25) is 5.71 Å². The third-order valence-electron chi connectivity index (χ3n) is 1.71. The number of rotatable bonds is 0. The molecule has 2 nitrogen and oxygen atoms in total. The van der Waals surface area contributed by atoms with Crippen LogP contribution in [0, 0.1) is 0 Å². The van der Waals surface area contributed by atoms with Crippen LogP contribution < -0.4 is 0 Å². The van der Waals surface area contributed by atoms with E-state index in [1.54, 1.807) is 0 Å². The van der Waals surface area contributed by atoms with Crippen molar-refractivity contribution < 1.29 is 17.6 Å². The number of aromatic nitrogens is 1. The molecule has 6 heteroatoms. The Morgan fingerprint density at radius 3 is 2.64 bits per heavy atom. The summed E-state index contributed by atoms with van der Waals surface area (Å²) in [7, 11) is 0. The summed E-state index contributed by atoms with van der Waals surface area (Å²) in [6, 6.07) is 2.52. The molecule has 2 aromatic heterocycles. The van der Waals surface area contributed by atoms with Crippen molar-refractivity contribution in [1.82, 2.24) is 4.98 Å². The van der Waals surface area contributed by atoms with E-state index in [1.807, 2.05) is 0 Å². The molecule has 0 aliphatic carbocycles. The van der Waals surface area contributed by atoms with Crippen LogP contribution in [0.2, 0.25) is 5.15 Å². The first-order valence-electron chi connectivity index (χ1n) is 3.59. The van der Waals surface area contributed by atoms with Crippen LogP contribution in [0.3, 0.4) is 0 Å². The largest absolute Gasteiger partial charge is 0.445 e. The molecule has 0 aliphatic heterocycles. The molecule has 0 radical (unpaired) electrons. The molecule has 0 aliphatic rings. The van der Waals surface area contributed by atoms with E-state index >= 15 is 0 Å². The summed E-state index contributed by atoms with van der Waals surface area (Å²) in [6.45, 7) is 0. The number of nitrogens with zero attached hydrogens (tertiary/aromatic N) is 1. The maximum absolute atomic E-state index is 12.3. The maximum atomic E-state index is 12.3. The SMILES string of the molecule is FC(F)(F)c1coc2nc(Cl)ccc12. The van der Waals surface area contributed by atoms with Crippen LogP contribution in [0.4, 0.5) is 13.2 Å². The van der Waals surface area contributed by atoms with E-state index in [9.17, 15) is 13.2 Å². The van der Waals surface area contributed by atoms with Gasteiger partial charge in [-0.05, 0) is 12.1 Å². The number of hydrogen-bond donors (Lipinski definition) is 0. The van der Waals surface area contributed by atoms with Gasteiger partial charge in [0.1, 0.15) is 17.0 Å². The van der Waals surface area contributed by atoms with Gasteiger partial charge in [0, 0.05) is 0 Å². The molecule has 14 heavy (non-hydrogen) atoms. The normalized spacial score (nSPS) is 12.3. The molecule has 0 amide bonds. The molecule has 2 rings (SSSR count). The second-order valence-corrected chi connectivity index (χ2v) is 3.02. The van der Waals surface area contributed by atoms with E-state index in [2.05, 4.69) is 9.40 Å². The second-order valence-electron chi connectivity index (χ2n) is 2.63. The van der Waals surface area contributed by atoms with Crippen LogP contribution in [-0.2, 0) is 6.18 Å². The van der Waals surface area contributed by atoms with Crippen molar-refractivity contribution in [2.24, 2.45) is 0 Å². The van der Waals surface area contributed by atoms with E-state index < -0.39 is 11.7 Å². The smallest absolute Gasteiger partial charge is 0.420 e. The fourth-order valence-corrected chi connectivity index (χ4v) is 1.25. The molecule has 2 heterocycles. The quantitative estimate of drug-likeness (QED) is 0.637. The zero-order chi connectivity index (χ0) is 10.3. The highest BCUT2D eigenvalue weighted by molar-refractivity contribution is 6.29. The molecule has 0 spiro atoms. The highest BCUT2D eigenvalue weighted by Gasteiger charge is 2.34. The molecule has 0 saturated carbocycles. The van der Waals surface area contributed by atoms with Crippen LogP contribution in [0.15, 0.2) is 22.8 Å². The van der Waals surface area contributed by atoms with E-state index in [0.29, 0.717) is 6.26 Å². The third-order valence-corrected chi connectivity index (χ3v) is 1.92. The number of fused-ring (bicyclic) bond motifs is 1. The van der Waals surface area contributed by atoms with Gasteiger partial charge in [-0.25, -0.2) is 4.98 Å². The number of furan rings is 1. The summed E-state index contributed by atoms with van der Waals surface area (Å²) in [5.41, 5.74) is -0.943. The zero-order valence-electron chi connectivity index (χ0n) is 6.60. The van der Waals surface area contributed by atoms with Gasteiger partial charge in [-0.1, -0.05) is 11.6 Å². The Kier molecular flexibility index (Phi) is 1.92. The maximum Gasteiger partial charge on any atom is 0.420 e. The van der Waals surface area contributed by atoms with Gasteiger partial charge in [-0.2, -0.15) is 13.2 Å². The summed E-state index contributed by atoms with van der Waals surface area (Å²) >= 11 is 5.49. The second kappa shape index (κ2) is 2.88. The number of hydrogen-bond acceptors (Lipinski definition) is 2. The lowest BCUT2D eigenvalue weighted by Crippen LogP contribution is -2.03. The average Bonchev–Trinajstić information content (AvgIpc) is 2.45. The van der Waals surface area contributed by atoms with Crippen LogP contribution in [0.25, 0.3) is 11.1 Å². The Morgan fingerprint density at radius 1 is 1.29 bits per heavy atom. The summed E-state index contributed by atoms with van der Waals surface area (Å²) in [4.78, 5) is 3.61. The predicted molar refractivity (Wildman–Crippen MR) is 44.0 cm³/mol. The lowest BCUT2D eigenvalue weighted by Gasteiger charge is -2.01. The minimum absolute atomic E-state index is 0.0816. The third kappa shape index (κ3) is 1.43. The van der Waals surface area contributed by atoms with Crippen LogP contribution in [0.1, 0.15) is 5.56 Å². The topological polar surface area (TPSA) is 26.0 Å². The lowest BCUT2D eigenvalue weighted by atomic mass is 10.2. The van der Waals surface area contributed by atoms with Gasteiger partial charge in [0.15, 0.2) is 0 Å². The monoisotopic (exact) mass is 221 g/mol. The first kappa shape index (κ1) is 9.33. The van der Waals surface area contributed by atoms with Gasteiger partial charge in [-0.3, -0.25) is 0 Å². The van der Waals surface area contributed by atoms with Crippen LogP contribution >= 0.6 is 11.6 Å². The lowest BCUT2D eigenvalue weighted by molar-refractivity contribution is -0.136. The minimum atomic E-state index is -4.43. The summed E-state index contributed by atoms with van der Waals surface area (Å²) in [5.74, 6) is 0. The van der Waals surface area contributed by atoms with Gasteiger partial charge in [0.05, 0.1) is 5.39 Å². The van der Waals surface area contributed by atoms with Gasteiger partial charge in [0.25, 0.3) is 0 Å².